The first-order chi connectivity index (χ1) is 21.9. The van der Waals surface area contributed by atoms with E-state index in [1.165, 1.54) is 4.90 Å². The highest BCUT2D eigenvalue weighted by atomic mass is 35.5. The molecule has 2 heterocycles. The zero-order valence-electron chi connectivity index (χ0n) is 27.1. The molecule has 1 aliphatic rings. The maximum Gasteiger partial charge on any atom is 0.410 e. The molecule has 5 rings (SSSR count). The molecule has 1 saturated heterocycles. The molecule has 1 atom stereocenters. The van der Waals surface area contributed by atoms with Crippen LogP contribution in [0.4, 0.5) is 10.5 Å². The molecule has 0 saturated carbocycles. The van der Waals surface area contributed by atoms with Crippen LogP contribution in [0.5, 0.6) is 0 Å². The molecule has 3 aromatic carbocycles. The van der Waals surface area contributed by atoms with E-state index in [0.29, 0.717) is 10.8 Å². The number of hydrogen-bond acceptors (Lipinski definition) is 8. The lowest BCUT2D eigenvalue weighted by Crippen LogP contribution is -2.66. The van der Waals surface area contributed by atoms with E-state index in [1.807, 2.05) is 107 Å². The number of nitrogens with zero attached hydrogens (tertiary/aromatic N) is 2. The van der Waals surface area contributed by atoms with Crippen molar-refractivity contribution in [3.05, 3.63) is 94.6 Å². The third-order valence-electron chi connectivity index (χ3n) is 7.95. The second-order valence-electron chi connectivity index (χ2n) is 12.4. The summed E-state index contributed by atoms with van der Waals surface area (Å²) < 4.78 is 22.6. The predicted octanol–water partition coefficient (Wildman–Crippen LogP) is 8.17. The van der Waals surface area contributed by atoms with E-state index in [2.05, 4.69) is 10.5 Å². The summed E-state index contributed by atoms with van der Waals surface area (Å²) in [5.41, 5.74) is 4.48. The van der Waals surface area contributed by atoms with Gasteiger partial charge in [0.15, 0.2) is 5.76 Å². The number of anilines is 1. The van der Waals surface area contributed by atoms with Crippen LogP contribution in [-0.2, 0) is 24.4 Å². The van der Waals surface area contributed by atoms with Crippen molar-refractivity contribution in [1.82, 2.24) is 10.1 Å². The summed E-state index contributed by atoms with van der Waals surface area (Å²) in [6.45, 7) is 12.0. The van der Waals surface area contributed by atoms with Crippen LogP contribution in [0.2, 0.25) is 5.02 Å². The van der Waals surface area contributed by atoms with Crippen molar-refractivity contribution in [3.63, 3.8) is 0 Å². The Hall–Kier alpha value is -4.34. The summed E-state index contributed by atoms with van der Waals surface area (Å²) in [6, 6.07) is 23.4. The molecule has 0 spiro atoms. The monoisotopic (exact) mass is 645 g/mol. The highest BCUT2D eigenvalue weighted by molar-refractivity contribution is 6.31. The normalized spacial score (nSPS) is 14.7. The molecule has 10 heteroatoms. The standard InChI is InChI=1S/C36H40ClN3O6/c1-7-43-33(41)36(20-40(21-36)34(42)45-35(4,5)6)28-18-16-26(17-19-28)25-12-14-27(15-13-25)32-31(23(2)39-46-32)38-22-44-24(3)29-10-8-9-11-30(29)37/h8-19,24,38H,7,20-22H2,1-6H3. The highest BCUT2D eigenvalue weighted by Gasteiger charge is 2.54. The first kappa shape index (κ1) is 33.0. The number of amides is 1. The summed E-state index contributed by atoms with van der Waals surface area (Å²) in [4.78, 5) is 27.2. The molecule has 0 radical (unpaired) electrons. The van der Waals surface area contributed by atoms with Crippen LogP contribution in [0.1, 0.15) is 57.5 Å². The van der Waals surface area contributed by atoms with Gasteiger partial charge in [-0.2, -0.15) is 0 Å². The number of rotatable bonds is 10. The van der Waals surface area contributed by atoms with Gasteiger partial charge in [-0.05, 0) is 69.9 Å². The Balaban J connectivity index is 1.27. The summed E-state index contributed by atoms with van der Waals surface area (Å²) in [5.74, 6) is 0.270. The van der Waals surface area contributed by atoms with Crippen molar-refractivity contribution in [2.75, 3.05) is 31.7 Å². The molecule has 1 fully saturated rings. The van der Waals surface area contributed by atoms with Crippen LogP contribution >= 0.6 is 11.6 Å². The van der Waals surface area contributed by atoms with Gasteiger partial charge in [-0.15, -0.1) is 0 Å². The molecule has 46 heavy (non-hydrogen) atoms. The molecule has 4 aromatic rings. The summed E-state index contributed by atoms with van der Waals surface area (Å²) >= 11 is 6.32. The first-order valence-corrected chi connectivity index (χ1v) is 15.7. The quantitative estimate of drug-likeness (QED) is 0.136. The van der Waals surface area contributed by atoms with Crippen molar-refractivity contribution < 1.29 is 28.3 Å². The molecular formula is C36H40ClN3O6. The molecule has 9 nitrogen and oxygen atoms in total. The van der Waals surface area contributed by atoms with Crippen LogP contribution < -0.4 is 5.32 Å². The number of nitrogens with one attached hydrogen (secondary N) is 1. The van der Waals surface area contributed by atoms with Crippen LogP contribution in [0, 0.1) is 6.92 Å². The number of hydrogen-bond donors (Lipinski definition) is 1. The van der Waals surface area contributed by atoms with E-state index in [4.69, 9.17) is 30.3 Å². The summed E-state index contributed by atoms with van der Waals surface area (Å²) in [6.07, 6.45) is -0.639. The second-order valence-corrected chi connectivity index (χ2v) is 12.8. The third kappa shape index (κ3) is 7.06. The number of aryl methyl sites for hydroxylation is 1. The van der Waals surface area contributed by atoms with E-state index >= 15 is 0 Å². The summed E-state index contributed by atoms with van der Waals surface area (Å²) in [7, 11) is 0. The number of halogens is 1. The van der Waals surface area contributed by atoms with E-state index in [0.717, 1.165) is 39.2 Å². The SMILES string of the molecule is CCOC(=O)C1(c2ccc(-c3ccc(-c4onc(C)c4NCOC(C)c4ccccc4Cl)cc3)cc2)CN(C(=O)OC(C)(C)C)C1. The number of likely N-dealkylation sites (tertiary alicyclic amines) is 1. The Bertz CT molecular complexity index is 1670. The minimum Gasteiger partial charge on any atom is -0.465 e. The summed E-state index contributed by atoms with van der Waals surface area (Å²) in [5, 5.41) is 8.14. The number of carbonyl (C=O) groups excluding carboxylic acids is 2. The Morgan fingerprint density at radius 3 is 2.22 bits per heavy atom. The topological polar surface area (TPSA) is 103 Å². The Kier molecular flexibility index (Phi) is 9.74. The number of benzene rings is 3. The lowest BCUT2D eigenvalue weighted by atomic mass is 9.73. The molecule has 1 amide bonds. The maximum absolute atomic E-state index is 13.1. The third-order valence-corrected chi connectivity index (χ3v) is 8.29. The van der Waals surface area contributed by atoms with Gasteiger partial charge in [-0.3, -0.25) is 4.79 Å². The van der Waals surface area contributed by atoms with E-state index in [1.54, 1.807) is 6.92 Å². The van der Waals surface area contributed by atoms with E-state index in [-0.39, 0.29) is 38.5 Å². The molecular weight excluding hydrogens is 606 g/mol. The molecule has 0 bridgehead atoms. The number of ether oxygens (including phenoxy) is 3. The van der Waals surface area contributed by atoms with Gasteiger partial charge in [0.2, 0.25) is 0 Å². The minimum atomic E-state index is -0.933. The van der Waals surface area contributed by atoms with Gasteiger partial charge in [0.25, 0.3) is 0 Å². The Morgan fingerprint density at radius 2 is 1.61 bits per heavy atom. The predicted molar refractivity (Wildman–Crippen MR) is 178 cm³/mol. The van der Waals surface area contributed by atoms with Gasteiger partial charge in [0.05, 0.1) is 12.7 Å². The van der Waals surface area contributed by atoms with E-state index in [9.17, 15) is 9.59 Å². The van der Waals surface area contributed by atoms with Crippen molar-refractivity contribution in [3.8, 4) is 22.5 Å². The van der Waals surface area contributed by atoms with Gasteiger partial charge in [0.1, 0.15) is 29.1 Å². The average Bonchev–Trinajstić information content (AvgIpc) is 3.36. The van der Waals surface area contributed by atoms with Crippen molar-refractivity contribution >= 4 is 29.4 Å². The van der Waals surface area contributed by atoms with Crippen LogP contribution in [-0.4, -0.2) is 54.1 Å². The smallest absolute Gasteiger partial charge is 0.410 e. The molecule has 1 N–H and O–H groups in total. The van der Waals surface area contributed by atoms with Gasteiger partial charge < -0.3 is 29.0 Å². The first-order valence-electron chi connectivity index (χ1n) is 15.3. The van der Waals surface area contributed by atoms with Gasteiger partial charge in [-0.25, -0.2) is 4.79 Å². The lowest BCUT2D eigenvalue weighted by molar-refractivity contribution is -0.157. The molecule has 242 valence electrons. The van der Waals surface area contributed by atoms with Gasteiger partial charge >= 0.3 is 12.1 Å². The Labute approximate surface area is 274 Å². The van der Waals surface area contributed by atoms with Crippen LogP contribution in [0.3, 0.4) is 0 Å². The molecule has 1 aromatic heterocycles. The number of carbonyl (C=O) groups is 2. The molecule has 1 unspecified atom stereocenters. The van der Waals surface area contributed by atoms with Crippen molar-refractivity contribution in [2.45, 2.75) is 58.7 Å². The zero-order chi connectivity index (χ0) is 33.1. The zero-order valence-corrected chi connectivity index (χ0v) is 27.8. The maximum atomic E-state index is 13.1. The highest BCUT2D eigenvalue weighted by Crippen LogP contribution is 2.38. The molecule has 0 aliphatic carbocycles. The lowest BCUT2D eigenvalue weighted by Gasteiger charge is -2.48. The largest absolute Gasteiger partial charge is 0.465 e. The Morgan fingerprint density at radius 1 is 1.00 bits per heavy atom. The van der Waals surface area contributed by atoms with Crippen molar-refractivity contribution in [1.29, 1.82) is 0 Å². The number of aromatic nitrogens is 1. The average molecular weight is 646 g/mol. The number of esters is 1. The fourth-order valence-electron chi connectivity index (χ4n) is 5.46. The fourth-order valence-corrected chi connectivity index (χ4v) is 5.75. The van der Waals surface area contributed by atoms with Gasteiger partial charge in [0, 0.05) is 23.7 Å². The second kappa shape index (κ2) is 13.6. The van der Waals surface area contributed by atoms with E-state index < -0.39 is 17.1 Å². The van der Waals surface area contributed by atoms with Crippen molar-refractivity contribution in [2.24, 2.45) is 0 Å². The van der Waals surface area contributed by atoms with Crippen LogP contribution in [0.25, 0.3) is 22.5 Å². The fraction of sp³-hybridized carbons (Fsp3) is 0.361. The minimum absolute atomic E-state index is 0.198. The molecule has 1 aliphatic heterocycles. The van der Waals surface area contributed by atoms with Crippen LogP contribution in [0.15, 0.2) is 77.3 Å². The van der Waals surface area contributed by atoms with Gasteiger partial charge in [-0.1, -0.05) is 83.5 Å².